The summed E-state index contributed by atoms with van der Waals surface area (Å²) in [7, 11) is 0. The van der Waals surface area contributed by atoms with Gasteiger partial charge in [0.05, 0.1) is 33.1 Å². The summed E-state index contributed by atoms with van der Waals surface area (Å²) >= 11 is 13.9. The molecule has 3 rings (SSSR count). The van der Waals surface area contributed by atoms with Gasteiger partial charge in [-0.1, -0.05) is 34.5 Å². The fraction of sp³-hybridized carbons (Fsp3) is 0.250. The van der Waals surface area contributed by atoms with Crippen molar-refractivity contribution in [2.45, 2.75) is 13.5 Å². The predicted octanol–water partition coefficient (Wildman–Crippen LogP) is 4.38. The molecule has 0 fully saturated rings. The first-order valence-corrected chi connectivity index (χ1v) is 8.86. The second-order valence-electron chi connectivity index (χ2n) is 4.84. The molecule has 0 radical (unpaired) electrons. The summed E-state index contributed by atoms with van der Waals surface area (Å²) in [5, 5.41) is 0.893. The third-order valence-corrected chi connectivity index (χ3v) is 5.16. The minimum absolute atomic E-state index is 0.188. The van der Waals surface area contributed by atoms with Crippen LogP contribution in [0.3, 0.4) is 0 Å². The molecule has 3 aromatic rings. The standard InChI is InChI=1S/C16H14Cl2N2O3S/c1-2-22-9-7-20-14-12(6-5-10(17)13(14)18)24-16(20)19-15(21)11-4-3-8-23-11/h3-6,8H,2,7,9H2,1H3. The Balaban J connectivity index is 2.13. The van der Waals surface area contributed by atoms with Crippen molar-refractivity contribution in [3.8, 4) is 0 Å². The monoisotopic (exact) mass is 384 g/mol. The molecule has 0 unspecified atom stereocenters. The van der Waals surface area contributed by atoms with Gasteiger partial charge in [0.1, 0.15) is 0 Å². The average Bonchev–Trinajstić information content (AvgIpc) is 3.20. The van der Waals surface area contributed by atoms with E-state index >= 15 is 0 Å². The van der Waals surface area contributed by atoms with Crippen molar-refractivity contribution in [3.63, 3.8) is 0 Å². The molecule has 0 spiro atoms. The first-order valence-electron chi connectivity index (χ1n) is 7.29. The fourth-order valence-electron chi connectivity index (χ4n) is 2.24. The van der Waals surface area contributed by atoms with Crippen LogP contribution in [0.4, 0.5) is 0 Å². The van der Waals surface area contributed by atoms with Crippen LogP contribution in [0.15, 0.2) is 39.9 Å². The van der Waals surface area contributed by atoms with Gasteiger partial charge in [0.15, 0.2) is 10.6 Å². The molecule has 8 heteroatoms. The lowest BCUT2D eigenvalue weighted by Crippen LogP contribution is -2.19. The topological polar surface area (TPSA) is 56.7 Å². The second kappa shape index (κ2) is 7.53. The number of carbonyl (C=O) groups is 1. The van der Waals surface area contributed by atoms with Gasteiger partial charge in [-0.05, 0) is 31.2 Å². The van der Waals surface area contributed by atoms with Gasteiger partial charge >= 0.3 is 5.91 Å². The number of halogens is 2. The number of carbonyl (C=O) groups excluding carboxylic acids is 1. The summed E-state index contributed by atoms with van der Waals surface area (Å²) in [6, 6.07) is 6.82. The van der Waals surface area contributed by atoms with E-state index in [4.69, 9.17) is 32.4 Å². The number of rotatable bonds is 5. The number of benzene rings is 1. The Morgan fingerprint density at radius 3 is 2.92 bits per heavy atom. The number of hydrogen-bond donors (Lipinski definition) is 0. The molecule has 5 nitrogen and oxygen atoms in total. The smallest absolute Gasteiger partial charge is 0.315 e. The van der Waals surface area contributed by atoms with E-state index in [-0.39, 0.29) is 5.76 Å². The van der Waals surface area contributed by atoms with Crippen LogP contribution in [0.5, 0.6) is 0 Å². The third-order valence-electron chi connectivity index (χ3n) is 3.33. The Morgan fingerprint density at radius 2 is 2.21 bits per heavy atom. The number of aromatic nitrogens is 1. The molecule has 1 amide bonds. The predicted molar refractivity (Wildman–Crippen MR) is 94.9 cm³/mol. The summed E-state index contributed by atoms with van der Waals surface area (Å²) in [6.45, 7) is 3.52. The van der Waals surface area contributed by atoms with E-state index in [0.29, 0.717) is 34.6 Å². The van der Waals surface area contributed by atoms with Crippen molar-refractivity contribution in [1.29, 1.82) is 0 Å². The van der Waals surface area contributed by atoms with Crippen LogP contribution < -0.4 is 4.80 Å². The molecule has 0 saturated heterocycles. The maximum atomic E-state index is 12.2. The lowest BCUT2D eigenvalue weighted by Gasteiger charge is -2.07. The van der Waals surface area contributed by atoms with Crippen molar-refractivity contribution in [2.75, 3.05) is 13.2 Å². The summed E-state index contributed by atoms with van der Waals surface area (Å²) in [4.78, 5) is 16.9. The van der Waals surface area contributed by atoms with Gasteiger partial charge < -0.3 is 13.7 Å². The van der Waals surface area contributed by atoms with Crippen molar-refractivity contribution < 1.29 is 13.9 Å². The summed E-state index contributed by atoms with van der Waals surface area (Å²) < 4.78 is 13.3. The Labute approximate surface area is 152 Å². The number of fused-ring (bicyclic) bond motifs is 1. The lowest BCUT2D eigenvalue weighted by molar-refractivity contribution is 0.0970. The minimum atomic E-state index is -0.445. The highest BCUT2D eigenvalue weighted by molar-refractivity contribution is 7.16. The van der Waals surface area contributed by atoms with E-state index in [2.05, 4.69) is 4.99 Å². The van der Waals surface area contributed by atoms with Crippen LogP contribution in [0, 0.1) is 0 Å². The molecule has 0 aliphatic heterocycles. The molecule has 126 valence electrons. The largest absolute Gasteiger partial charge is 0.459 e. The molecule has 0 bridgehead atoms. The van der Waals surface area contributed by atoms with Crippen LogP contribution in [0.1, 0.15) is 17.5 Å². The normalized spacial score (nSPS) is 12.2. The van der Waals surface area contributed by atoms with E-state index in [1.807, 2.05) is 17.6 Å². The zero-order chi connectivity index (χ0) is 17.1. The van der Waals surface area contributed by atoms with Crippen LogP contribution in [0.25, 0.3) is 10.2 Å². The fourth-order valence-corrected chi connectivity index (χ4v) is 3.78. The molecule has 24 heavy (non-hydrogen) atoms. The van der Waals surface area contributed by atoms with Gasteiger partial charge in [0.25, 0.3) is 0 Å². The van der Waals surface area contributed by atoms with Crippen LogP contribution >= 0.6 is 34.5 Å². The minimum Gasteiger partial charge on any atom is -0.459 e. The van der Waals surface area contributed by atoms with Crippen LogP contribution in [-0.4, -0.2) is 23.7 Å². The third kappa shape index (κ3) is 3.42. The molecular weight excluding hydrogens is 371 g/mol. The molecule has 0 aliphatic rings. The number of amides is 1. The zero-order valence-electron chi connectivity index (χ0n) is 12.8. The average molecular weight is 385 g/mol. The first-order chi connectivity index (χ1) is 11.6. The zero-order valence-corrected chi connectivity index (χ0v) is 15.1. The van der Waals surface area contributed by atoms with Crippen molar-refractivity contribution in [3.05, 3.63) is 51.1 Å². The molecule has 2 aromatic heterocycles. The first kappa shape index (κ1) is 17.2. The van der Waals surface area contributed by atoms with Gasteiger partial charge in [-0.2, -0.15) is 4.99 Å². The molecule has 0 atom stereocenters. The van der Waals surface area contributed by atoms with E-state index in [1.54, 1.807) is 18.2 Å². The van der Waals surface area contributed by atoms with Gasteiger partial charge in [0, 0.05) is 13.2 Å². The number of nitrogens with zero attached hydrogens (tertiary/aromatic N) is 2. The molecule has 2 heterocycles. The van der Waals surface area contributed by atoms with Gasteiger partial charge in [-0.15, -0.1) is 0 Å². The summed E-state index contributed by atoms with van der Waals surface area (Å²) in [5.41, 5.74) is 0.750. The molecular formula is C16H14Cl2N2O3S. The highest BCUT2D eigenvalue weighted by Gasteiger charge is 2.14. The Hall–Kier alpha value is -1.60. The van der Waals surface area contributed by atoms with E-state index in [0.717, 1.165) is 10.2 Å². The summed E-state index contributed by atoms with van der Waals surface area (Å²) in [6.07, 6.45) is 1.44. The van der Waals surface area contributed by atoms with Crippen molar-refractivity contribution >= 4 is 50.7 Å². The Morgan fingerprint density at radius 1 is 1.38 bits per heavy atom. The van der Waals surface area contributed by atoms with Gasteiger partial charge in [-0.25, -0.2) is 0 Å². The highest BCUT2D eigenvalue weighted by Crippen LogP contribution is 2.32. The maximum absolute atomic E-state index is 12.2. The second-order valence-corrected chi connectivity index (χ2v) is 6.63. The lowest BCUT2D eigenvalue weighted by atomic mass is 10.3. The quantitative estimate of drug-likeness (QED) is 0.613. The number of ether oxygens (including phenoxy) is 1. The van der Waals surface area contributed by atoms with E-state index in [1.165, 1.54) is 17.6 Å². The Kier molecular flexibility index (Phi) is 5.40. The Bertz CT molecular complexity index is 929. The van der Waals surface area contributed by atoms with Gasteiger partial charge in [-0.3, -0.25) is 4.79 Å². The van der Waals surface area contributed by atoms with Gasteiger partial charge in [0.2, 0.25) is 0 Å². The summed E-state index contributed by atoms with van der Waals surface area (Å²) in [5.74, 6) is -0.258. The molecule has 0 N–H and O–H groups in total. The molecule has 0 saturated carbocycles. The maximum Gasteiger partial charge on any atom is 0.315 e. The van der Waals surface area contributed by atoms with E-state index in [9.17, 15) is 4.79 Å². The van der Waals surface area contributed by atoms with Crippen molar-refractivity contribution in [1.82, 2.24) is 4.57 Å². The highest BCUT2D eigenvalue weighted by atomic mass is 35.5. The van der Waals surface area contributed by atoms with Crippen LogP contribution in [0.2, 0.25) is 10.0 Å². The van der Waals surface area contributed by atoms with E-state index < -0.39 is 5.91 Å². The van der Waals surface area contributed by atoms with Crippen molar-refractivity contribution in [2.24, 2.45) is 4.99 Å². The molecule has 1 aromatic carbocycles. The SMILES string of the molecule is CCOCCn1c(=NC(=O)c2ccco2)sc2ccc(Cl)c(Cl)c21. The van der Waals surface area contributed by atoms with Crippen LogP contribution in [-0.2, 0) is 11.3 Å². The number of hydrogen-bond acceptors (Lipinski definition) is 4. The number of thiazole rings is 1. The number of furan rings is 1. The molecule has 0 aliphatic carbocycles.